The molecule has 0 spiro atoms. The molecule has 2 aliphatic rings. The van der Waals surface area contributed by atoms with Crippen LogP contribution in [0.2, 0.25) is 5.02 Å². The highest BCUT2D eigenvalue weighted by Crippen LogP contribution is 2.39. The number of hydrogen-bond acceptors (Lipinski definition) is 4. The summed E-state index contributed by atoms with van der Waals surface area (Å²) in [6.07, 6.45) is 7.65. The molecule has 1 fully saturated rings. The second kappa shape index (κ2) is 9.62. The summed E-state index contributed by atoms with van der Waals surface area (Å²) in [6.45, 7) is 0.0394. The summed E-state index contributed by atoms with van der Waals surface area (Å²) in [5, 5.41) is 13.3. The fourth-order valence-electron chi connectivity index (χ4n) is 5.03. The number of carbonyl (C=O) groups is 1. The van der Waals surface area contributed by atoms with Gasteiger partial charge in [-0.2, -0.15) is 0 Å². The molecule has 5 rings (SSSR count). The highest BCUT2D eigenvalue weighted by atomic mass is 35.5. The van der Waals surface area contributed by atoms with E-state index >= 15 is 0 Å². The molecular formula is C27H28ClN3O2. The first kappa shape index (κ1) is 22.1. The number of halogens is 1. The number of nitrogens with one attached hydrogen (secondary N) is 1. The third kappa shape index (κ3) is 4.80. The number of amides is 1. The largest absolute Gasteiger partial charge is 0.392 e. The number of benzene rings is 2. The summed E-state index contributed by atoms with van der Waals surface area (Å²) in [5.41, 5.74) is 6.91. The molecule has 1 aromatic heterocycles. The predicted molar refractivity (Wildman–Crippen MR) is 130 cm³/mol. The molecule has 5 nitrogen and oxygen atoms in total. The van der Waals surface area contributed by atoms with Crippen LogP contribution in [0.5, 0.6) is 0 Å². The summed E-state index contributed by atoms with van der Waals surface area (Å²) in [6, 6.07) is 13.4. The number of rotatable bonds is 5. The van der Waals surface area contributed by atoms with Gasteiger partial charge in [0.15, 0.2) is 5.82 Å². The molecule has 0 unspecified atom stereocenters. The number of aromatic nitrogens is 2. The number of carbonyl (C=O) groups excluding carboxylic acids is 1. The quantitative estimate of drug-likeness (QED) is 0.517. The van der Waals surface area contributed by atoms with Gasteiger partial charge in [0.2, 0.25) is 5.91 Å². The van der Waals surface area contributed by atoms with Gasteiger partial charge in [-0.1, -0.05) is 61.2 Å². The smallest absolute Gasteiger partial charge is 0.229 e. The summed E-state index contributed by atoms with van der Waals surface area (Å²) < 4.78 is 0. The maximum atomic E-state index is 12.9. The Morgan fingerprint density at radius 3 is 2.52 bits per heavy atom. The van der Waals surface area contributed by atoms with Gasteiger partial charge in [0, 0.05) is 16.5 Å². The molecule has 1 saturated carbocycles. The molecule has 3 aromatic rings. The molecule has 1 amide bonds. The van der Waals surface area contributed by atoms with Crippen LogP contribution in [-0.2, 0) is 30.7 Å². The van der Waals surface area contributed by atoms with E-state index in [0.717, 1.165) is 59.5 Å². The Kier molecular flexibility index (Phi) is 6.43. The van der Waals surface area contributed by atoms with Crippen LogP contribution in [0.15, 0.2) is 42.5 Å². The minimum Gasteiger partial charge on any atom is -0.392 e. The van der Waals surface area contributed by atoms with Crippen molar-refractivity contribution in [2.24, 2.45) is 0 Å². The van der Waals surface area contributed by atoms with E-state index in [1.807, 2.05) is 18.2 Å². The maximum Gasteiger partial charge on any atom is 0.229 e. The zero-order valence-corrected chi connectivity index (χ0v) is 19.4. The Balaban J connectivity index is 1.49. The van der Waals surface area contributed by atoms with Crippen molar-refractivity contribution in [3.63, 3.8) is 0 Å². The first-order valence-corrected chi connectivity index (χ1v) is 12.2. The van der Waals surface area contributed by atoms with Crippen molar-refractivity contribution in [3.8, 4) is 11.3 Å². The SMILES string of the molecule is O=C(Cc1ccc(Cl)cc1)Nc1nc2c(nc1C1CCCCC1)-c1ccc(CO)cc1CC2. The second-order valence-electron chi connectivity index (χ2n) is 9.09. The van der Waals surface area contributed by atoms with Gasteiger partial charge >= 0.3 is 0 Å². The van der Waals surface area contributed by atoms with Crippen molar-refractivity contribution in [2.75, 3.05) is 5.32 Å². The Hall–Kier alpha value is -2.76. The molecule has 0 atom stereocenters. The third-order valence-electron chi connectivity index (χ3n) is 6.76. The molecule has 2 N–H and O–H groups in total. The molecule has 2 aliphatic carbocycles. The van der Waals surface area contributed by atoms with Crippen molar-refractivity contribution in [1.82, 2.24) is 9.97 Å². The van der Waals surface area contributed by atoms with Crippen LogP contribution in [0, 0.1) is 0 Å². The fraction of sp³-hybridized carbons (Fsp3) is 0.370. The van der Waals surface area contributed by atoms with Crippen molar-refractivity contribution < 1.29 is 9.90 Å². The van der Waals surface area contributed by atoms with Crippen LogP contribution in [0.4, 0.5) is 5.82 Å². The number of aryl methyl sites for hydroxylation is 2. The summed E-state index contributed by atoms with van der Waals surface area (Å²) >= 11 is 5.97. The molecular weight excluding hydrogens is 434 g/mol. The lowest BCUT2D eigenvalue weighted by Crippen LogP contribution is -2.21. The van der Waals surface area contributed by atoms with Gasteiger partial charge in [0.1, 0.15) is 0 Å². The van der Waals surface area contributed by atoms with Crippen LogP contribution in [0.3, 0.4) is 0 Å². The van der Waals surface area contributed by atoms with Crippen LogP contribution < -0.4 is 5.32 Å². The minimum absolute atomic E-state index is 0.0394. The fourth-order valence-corrected chi connectivity index (χ4v) is 5.15. The van der Waals surface area contributed by atoms with Crippen molar-refractivity contribution >= 4 is 23.3 Å². The van der Waals surface area contributed by atoms with E-state index in [4.69, 9.17) is 21.6 Å². The van der Waals surface area contributed by atoms with Gasteiger partial charge in [0.05, 0.1) is 30.1 Å². The monoisotopic (exact) mass is 461 g/mol. The molecule has 6 heteroatoms. The van der Waals surface area contributed by atoms with Gasteiger partial charge in [-0.25, -0.2) is 9.97 Å². The standard InChI is InChI=1S/C27H28ClN3O2/c28-21-10-6-17(7-11-21)15-24(33)30-27-25(19-4-2-1-3-5-19)31-26-22-12-8-18(16-32)14-20(22)9-13-23(26)29-27/h6-8,10-12,14,19,32H,1-5,9,13,15-16H2,(H,29,30,33). The average Bonchev–Trinajstić information content (AvgIpc) is 2.85. The second-order valence-corrected chi connectivity index (χ2v) is 9.53. The number of nitrogens with zero attached hydrogens (tertiary/aromatic N) is 2. The molecule has 170 valence electrons. The number of aliphatic hydroxyl groups is 1. The molecule has 33 heavy (non-hydrogen) atoms. The summed E-state index contributed by atoms with van der Waals surface area (Å²) in [7, 11) is 0. The number of anilines is 1. The summed E-state index contributed by atoms with van der Waals surface area (Å²) in [4.78, 5) is 23.0. The molecule has 0 radical (unpaired) electrons. The predicted octanol–water partition coefficient (Wildman–Crippen LogP) is 5.62. The van der Waals surface area contributed by atoms with Gasteiger partial charge in [-0.15, -0.1) is 0 Å². The zero-order chi connectivity index (χ0) is 22.8. The maximum absolute atomic E-state index is 12.9. The van der Waals surface area contributed by atoms with Crippen LogP contribution >= 0.6 is 11.6 Å². The highest BCUT2D eigenvalue weighted by Gasteiger charge is 2.27. The number of fused-ring (bicyclic) bond motifs is 3. The normalized spacial score (nSPS) is 15.6. The topological polar surface area (TPSA) is 75.1 Å². The summed E-state index contributed by atoms with van der Waals surface area (Å²) in [5.74, 6) is 0.840. The van der Waals surface area contributed by atoms with E-state index in [-0.39, 0.29) is 18.9 Å². The number of aliphatic hydroxyl groups excluding tert-OH is 1. The molecule has 2 aromatic carbocycles. The minimum atomic E-state index is -0.0903. The lowest BCUT2D eigenvalue weighted by atomic mass is 9.85. The zero-order valence-electron chi connectivity index (χ0n) is 18.6. The third-order valence-corrected chi connectivity index (χ3v) is 7.01. The Morgan fingerprint density at radius 2 is 1.76 bits per heavy atom. The van der Waals surface area contributed by atoms with Gasteiger partial charge in [-0.3, -0.25) is 4.79 Å². The van der Waals surface area contributed by atoms with Gasteiger partial charge < -0.3 is 10.4 Å². The highest BCUT2D eigenvalue weighted by molar-refractivity contribution is 6.30. The average molecular weight is 462 g/mol. The first-order chi connectivity index (χ1) is 16.1. The van der Waals surface area contributed by atoms with Crippen LogP contribution in [-0.4, -0.2) is 21.0 Å². The van der Waals surface area contributed by atoms with E-state index in [9.17, 15) is 9.90 Å². The van der Waals surface area contributed by atoms with Crippen molar-refractivity contribution in [1.29, 1.82) is 0 Å². The molecule has 0 saturated heterocycles. The lowest BCUT2D eigenvalue weighted by molar-refractivity contribution is -0.115. The molecule has 0 aliphatic heterocycles. The van der Waals surface area contributed by atoms with Crippen LogP contribution in [0.25, 0.3) is 11.3 Å². The van der Waals surface area contributed by atoms with E-state index in [0.29, 0.717) is 16.8 Å². The molecule has 0 bridgehead atoms. The van der Waals surface area contributed by atoms with E-state index in [2.05, 4.69) is 17.4 Å². The van der Waals surface area contributed by atoms with E-state index < -0.39 is 0 Å². The van der Waals surface area contributed by atoms with E-state index in [1.54, 1.807) is 12.1 Å². The molecule has 1 heterocycles. The van der Waals surface area contributed by atoms with Crippen molar-refractivity contribution in [2.45, 2.75) is 63.9 Å². The number of hydrogen-bond donors (Lipinski definition) is 2. The lowest BCUT2D eigenvalue weighted by Gasteiger charge is -2.26. The Morgan fingerprint density at radius 1 is 1.00 bits per heavy atom. The van der Waals surface area contributed by atoms with Crippen molar-refractivity contribution in [3.05, 3.63) is 75.6 Å². The van der Waals surface area contributed by atoms with E-state index in [1.165, 1.54) is 24.8 Å². The van der Waals surface area contributed by atoms with Gasteiger partial charge in [-0.05, 0) is 54.5 Å². The first-order valence-electron chi connectivity index (χ1n) is 11.8. The Labute approximate surface area is 199 Å². The van der Waals surface area contributed by atoms with Crippen LogP contribution in [0.1, 0.15) is 66.1 Å². The van der Waals surface area contributed by atoms with Gasteiger partial charge in [0.25, 0.3) is 0 Å². The Bertz CT molecular complexity index is 1170.